The molecule has 1 aromatic carbocycles. The Morgan fingerprint density at radius 3 is 2.43 bits per heavy atom. The van der Waals surface area contributed by atoms with Crippen LogP contribution in [-0.2, 0) is 22.4 Å². The van der Waals surface area contributed by atoms with Crippen molar-refractivity contribution >= 4 is 35.8 Å². The SMILES string of the molecule is NC(=O)[C@H](Cc1cccs1)NC(=O)[C@@H](CS)Cc1ccccc1. The highest BCUT2D eigenvalue weighted by molar-refractivity contribution is 7.80. The van der Waals surface area contributed by atoms with E-state index in [1.165, 1.54) is 11.3 Å². The first kappa shape index (κ1) is 17.6. The van der Waals surface area contributed by atoms with Crippen LogP contribution in [-0.4, -0.2) is 23.6 Å². The van der Waals surface area contributed by atoms with Crippen LogP contribution in [0, 0.1) is 5.92 Å². The molecule has 0 saturated carbocycles. The fourth-order valence-electron chi connectivity index (χ4n) is 2.28. The van der Waals surface area contributed by atoms with E-state index in [-0.39, 0.29) is 11.8 Å². The molecular weight excluding hydrogens is 328 g/mol. The maximum absolute atomic E-state index is 12.5. The third-order valence-corrected chi connectivity index (χ3v) is 4.90. The van der Waals surface area contributed by atoms with Crippen LogP contribution in [0.2, 0.25) is 0 Å². The van der Waals surface area contributed by atoms with Crippen LogP contribution in [0.15, 0.2) is 47.8 Å². The first-order chi connectivity index (χ1) is 11.1. The van der Waals surface area contributed by atoms with Gasteiger partial charge in [-0.15, -0.1) is 11.3 Å². The van der Waals surface area contributed by atoms with Gasteiger partial charge in [0.2, 0.25) is 11.8 Å². The number of nitrogens with one attached hydrogen (secondary N) is 1. The second kappa shape index (κ2) is 8.74. The summed E-state index contributed by atoms with van der Waals surface area (Å²) in [5, 5.41) is 4.70. The molecule has 122 valence electrons. The van der Waals surface area contributed by atoms with Crippen molar-refractivity contribution in [3.05, 3.63) is 58.3 Å². The van der Waals surface area contributed by atoms with Crippen LogP contribution in [0.25, 0.3) is 0 Å². The van der Waals surface area contributed by atoms with Gasteiger partial charge in [-0.1, -0.05) is 36.4 Å². The van der Waals surface area contributed by atoms with Crippen molar-refractivity contribution in [2.75, 3.05) is 5.75 Å². The molecule has 3 N–H and O–H groups in total. The van der Waals surface area contributed by atoms with Gasteiger partial charge in [-0.3, -0.25) is 9.59 Å². The Hall–Kier alpha value is -1.79. The van der Waals surface area contributed by atoms with E-state index in [0.29, 0.717) is 18.6 Å². The molecule has 1 aromatic heterocycles. The number of benzene rings is 1. The minimum absolute atomic E-state index is 0.191. The summed E-state index contributed by atoms with van der Waals surface area (Å²) in [6.07, 6.45) is 1.00. The highest BCUT2D eigenvalue weighted by Crippen LogP contribution is 2.14. The molecule has 0 aliphatic carbocycles. The average Bonchev–Trinajstić information content (AvgIpc) is 3.05. The zero-order valence-corrected chi connectivity index (χ0v) is 14.4. The monoisotopic (exact) mass is 348 g/mol. The number of thiophene rings is 1. The van der Waals surface area contributed by atoms with Gasteiger partial charge in [0.05, 0.1) is 5.92 Å². The van der Waals surface area contributed by atoms with Gasteiger partial charge in [0.25, 0.3) is 0 Å². The van der Waals surface area contributed by atoms with Gasteiger partial charge in [0.15, 0.2) is 0 Å². The number of hydrogen-bond donors (Lipinski definition) is 3. The number of carbonyl (C=O) groups is 2. The van der Waals surface area contributed by atoms with Crippen LogP contribution in [0.3, 0.4) is 0 Å². The molecule has 2 aromatic rings. The standard InChI is InChI=1S/C17H20N2O2S2/c18-16(20)15(10-14-7-4-8-23-14)19-17(21)13(11-22)9-12-5-2-1-3-6-12/h1-8,13,15,22H,9-11H2,(H2,18,20)(H,19,21)/t13-,15+/m1/s1. The van der Waals surface area contributed by atoms with E-state index in [0.717, 1.165) is 10.4 Å². The van der Waals surface area contributed by atoms with Crippen LogP contribution in [0.1, 0.15) is 10.4 Å². The summed E-state index contributed by atoms with van der Waals surface area (Å²) >= 11 is 5.81. The van der Waals surface area contributed by atoms with Crippen molar-refractivity contribution in [3.63, 3.8) is 0 Å². The van der Waals surface area contributed by atoms with E-state index in [4.69, 9.17) is 5.73 Å². The van der Waals surface area contributed by atoms with Crippen LogP contribution < -0.4 is 11.1 Å². The van der Waals surface area contributed by atoms with Gasteiger partial charge in [-0.2, -0.15) is 12.6 Å². The van der Waals surface area contributed by atoms with Crippen molar-refractivity contribution in [3.8, 4) is 0 Å². The summed E-state index contributed by atoms with van der Waals surface area (Å²) in [6, 6.07) is 12.9. The molecule has 4 nitrogen and oxygen atoms in total. The van der Waals surface area contributed by atoms with Crippen molar-refractivity contribution in [1.29, 1.82) is 0 Å². The van der Waals surface area contributed by atoms with Crippen LogP contribution >= 0.6 is 24.0 Å². The number of rotatable bonds is 8. The van der Waals surface area contributed by atoms with Crippen molar-refractivity contribution in [1.82, 2.24) is 5.32 Å². The van der Waals surface area contributed by atoms with Crippen molar-refractivity contribution in [2.24, 2.45) is 11.7 Å². The molecule has 0 bridgehead atoms. The van der Waals surface area contributed by atoms with Crippen molar-refractivity contribution in [2.45, 2.75) is 18.9 Å². The Balaban J connectivity index is 1.99. The maximum Gasteiger partial charge on any atom is 0.240 e. The van der Waals surface area contributed by atoms with Crippen LogP contribution in [0.5, 0.6) is 0 Å². The summed E-state index contributed by atoms with van der Waals surface area (Å²) in [4.78, 5) is 25.1. The maximum atomic E-state index is 12.5. The lowest BCUT2D eigenvalue weighted by Crippen LogP contribution is -2.48. The quantitative estimate of drug-likeness (QED) is 0.639. The zero-order valence-electron chi connectivity index (χ0n) is 12.6. The third kappa shape index (κ3) is 5.41. The lowest BCUT2D eigenvalue weighted by atomic mass is 9.99. The Morgan fingerprint density at radius 1 is 1.13 bits per heavy atom. The number of hydrogen-bond acceptors (Lipinski definition) is 4. The molecule has 6 heteroatoms. The first-order valence-corrected chi connectivity index (χ1v) is 8.88. The molecule has 1 heterocycles. The van der Waals surface area contributed by atoms with E-state index in [9.17, 15) is 9.59 Å². The fourth-order valence-corrected chi connectivity index (χ4v) is 3.33. The second-order valence-electron chi connectivity index (χ2n) is 5.32. The van der Waals surface area contributed by atoms with Crippen LogP contribution in [0.4, 0.5) is 0 Å². The Labute approximate surface area is 145 Å². The Kier molecular flexibility index (Phi) is 6.67. The molecule has 2 atom stereocenters. The molecule has 0 fully saturated rings. The molecule has 2 rings (SSSR count). The van der Waals surface area contributed by atoms with Gasteiger partial charge in [-0.25, -0.2) is 0 Å². The molecule has 0 spiro atoms. The Morgan fingerprint density at radius 2 is 1.87 bits per heavy atom. The van der Waals surface area contributed by atoms with E-state index in [1.54, 1.807) is 0 Å². The predicted octanol–water partition coefficient (Wildman–Crippen LogP) is 2.05. The van der Waals surface area contributed by atoms with Gasteiger partial charge in [0.1, 0.15) is 6.04 Å². The summed E-state index contributed by atoms with van der Waals surface area (Å²) in [5.74, 6) is -0.606. The average molecular weight is 348 g/mol. The topological polar surface area (TPSA) is 72.2 Å². The minimum Gasteiger partial charge on any atom is -0.368 e. The van der Waals surface area contributed by atoms with E-state index in [1.807, 2.05) is 47.8 Å². The third-order valence-electron chi connectivity index (χ3n) is 3.56. The molecule has 0 aliphatic heterocycles. The largest absolute Gasteiger partial charge is 0.368 e. The lowest BCUT2D eigenvalue weighted by Gasteiger charge is -2.19. The van der Waals surface area contributed by atoms with E-state index in [2.05, 4.69) is 17.9 Å². The molecule has 23 heavy (non-hydrogen) atoms. The summed E-state index contributed by atoms with van der Waals surface area (Å²) < 4.78 is 0. The highest BCUT2D eigenvalue weighted by atomic mass is 32.1. The van der Waals surface area contributed by atoms with Gasteiger partial charge in [0, 0.05) is 17.1 Å². The van der Waals surface area contributed by atoms with E-state index >= 15 is 0 Å². The number of nitrogens with two attached hydrogens (primary N) is 1. The molecular formula is C17H20N2O2S2. The molecule has 0 radical (unpaired) electrons. The van der Waals surface area contributed by atoms with Crippen molar-refractivity contribution < 1.29 is 9.59 Å². The van der Waals surface area contributed by atoms with Gasteiger partial charge >= 0.3 is 0 Å². The summed E-state index contributed by atoms with van der Waals surface area (Å²) in [7, 11) is 0. The lowest BCUT2D eigenvalue weighted by molar-refractivity contribution is -0.129. The number of primary amides is 1. The fraction of sp³-hybridized carbons (Fsp3) is 0.294. The zero-order chi connectivity index (χ0) is 16.7. The molecule has 2 amide bonds. The van der Waals surface area contributed by atoms with Gasteiger partial charge < -0.3 is 11.1 Å². The van der Waals surface area contributed by atoms with Gasteiger partial charge in [-0.05, 0) is 23.4 Å². The predicted molar refractivity (Wildman–Crippen MR) is 96.6 cm³/mol. The summed E-state index contributed by atoms with van der Waals surface area (Å²) in [5.41, 5.74) is 6.49. The minimum atomic E-state index is -0.695. The number of carbonyl (C=O) groups excluding carboxylic acids is 2. The smallest absolute Gasteiger partial charge is 0.240 e. The highest BCUT2D eigenvalue weighted by Gasteiger charge is 2.24. The molecule has 0 saturated heterocycles. The normalized spacial score (nSPS) is 13.3. The second-order valence-corrected chi connectivity index (χ2v) is 6.71. The summed E-state index contributed by atoms with van der Waals surface area (Å²) in [6.45, 7) is 0. The number of thiol groups is 1. The Bertz CT molecular complexity index is 629. The van der Waals surface area contributed by atoms with E-state index < -0.39 is 11.9 Å². The first-order valence-electron chi connectivity index (χ1n) is 7.37. The molecule has 0 aliphatic rings. The molecule has 0 unspecified atom stereocenters. The number of amides is 2.